The molecule has 1 rings (SSSR count). The van der Waals surface area contributed by atoms with E-state index in [0.29, 0.717) is 5.56 Å². The first kappa shape index (κ1) is 11.4. The molecule has 1 aromatic carbocycles. The number of hydrogen-bond acceptors (Lipinski definition) is 3. The number of aryl methyl sites for hydroxylation is 1. The van der Waals surface area contributed by atoms with Crippen LogP contribution in [-0.4, -0.2) is 12.4 Å². The van der Waals surface area contributed by atoms with E-state index in [-0.39, 0.29) is 17.0 Å². The van der Waals surface area contributed by atoms with E-state index >= 15 is 0 Å². The van der Waals surface area contributed by atoms with Gasteiger partial charge in [0.05, 0.1) is 5.56 Å². The van der Waals surface area contributed by atoms with Crippen molar-refractivity contribution >= 4 is 11.5 Å². The van der Waals surface area contributed by atoms with Gasteiger partial charge in [-0.1, -0.05) is 6.07 Å². The number of nitrogens with two attached hydrogens (primary N) is 1. The highest BCUT2D eigenvalue weighted by Gasteiger charge is 2.18. The van der Waals surface area contributed by atoms with E-state index in [1.165, 1.54) is 19.1 Å². The maximum absolute atomic E-state index is 12.1. The molecule has 0 saturated carbocycles. The molecular weight excluding hydrogens is 204 g/mol. The summed E-state index contributed by atoms with van der Waals surface area (Å²) in [7, 11) is 0. The Morgan fingerprint density at radius 3 is 2.53 bits per heavy atom. The highest BCUT2D eigenvalue weighted by atomic mass is 19.3. The summed E-state index contributed by atoms with van der Waals surface area (Å²) in [6.45, 7) is -0.142. The smallest absolute Gasteiger partial charge is 0.387 e. The quantitative estimate of drug-likeness (QED) is 0.622. The van der Waals surface area contributed by atoms with Gasteiger partial charge in [0, 0.05) is 5.69 Å². The molecule has 0 aromatic heterocycles. The lowest BCUT2D eigenvalue weighted by Crippen LogP contribution is -2.10. The second-order valence-electron chi connectivity index (χ2n) is 3.11. The van der Waals surface area contributed by atoms with Crippen LogP contribution in [0.15, 0.2) is 12.1 Å². The van der Waals surface area contributed by atoms with Gasteiger partial charge in [0.25, 0.3) is 0 Å². The largest absolute Gasteiger partial charge is 0.434 e. The molecule has 0 spiro atoms. The van der Waals surface area contributed by atoms with Crippen LogP contribution in [0, 0.1) is 6.92 Å². The Balaban J connectivity index is 3.31. The van der Waals surface area contributed by atoms with Crippen LogP contribution in [0.4, 0.5) is 14.5 Å². The lowest BCUT2D eigenvalue weighted by Gasteiger charge is -2.13. The average molecular weight is 215 g/mol. The van der Waals surface area contributed by atoms with Gasteiger partial charge in [0.15, 0.2) is 5.78 Å². The lowest BCUT2D eigenvalue weighted by molar-refractivity contribution is -0.0505. The van der Waals surface area contributed by atoms with Crippen molar-refractivity contribution in [3.63, 3.8) is 0 Å². The van der Waals surface area contributed by atoms with Crippen molar-refractivity contribution in [1.82, 2.24) is 0 Å². The zero-order valence-electron chi connectivity index (χ0n) is 8.38. The molecule has 0 aliphatic rings. The Labute approximate surface area is 85.8 Å². The lowest BCUT2D eigenvalue weighted by atomic mass is 10.0. The van der Waals surface area contributed by atoms with Crippen LogP contribution >= 0.6 is 0 Å². The fourth-order valence-electron chi connectivity index (χ4n) is 1.31. The van der Waals surface area contributed by atoms with Crippen LogP contribution in [0.2, 0.25) is 0 Å². The van der Waals surface area contributed by atoms with Gasteiger partial charge in [-0.05, 0) is 25.5 Å². The number of alkyl halides is 2. The second-order valence-corrected chi connectivity index (χ2v) is 3.11. The topological polar surface area (TPSA) is 52.3 Å². The van der Waals surface area contributed by atoms with Gasteiger partial charge < -0.3 is 10.5 Å². The molecule has 15 heavy (non-hydrogen) atoms. The Hall–Kier alpha value is -1.65. The molecule has 82 valence electrons. The van der Waals surface area contributed by atoms with Gasteiger partial charge in [0.2, 0.25) is 0 Å². The molecule has 0 saturated heterocycles. The number of anilines is 1. The first-order valence-electron chi connectivity index (χ1n) is 4.28. The number of ether oxygens (including phenoxy) is 1. The Morgan fingerprint density at radius 1 is 1.47 bits per heavy atom. The summed E-state index contributed by atoms with van der Waals surface area (Å²) in [4.78, 5) is 11.2. The molecule has 0 atom stereocenters. The van der Waals surface area contributed by atoms with E-state index in [2.05, 4.69) is 4.74 Å². The van der Waals surface area contributed by atoms with Crippen LogP contribution in [0.25, 0.3) is 0 Å². The van der Waals surface area contributed by atoms with Crippen molar-refractivity contribution in [2.75, 3.05) is 5.73 Å². The molecule has 0 fully saturated rings. The van der Waals surface area contributed by atoms with Gasteiger partial charge in [-0.3, -0.25) is 4.79 Å². The maximum atomic E-state index is 12.1. The Morgan fingerprint density at radius 2 is 2.07 bits per heavy atom. The molecule has 0 heterocycles. The first-order chi connectivity index (χ1) is 6.93. The fourth-order valence-corrected chi connectivity index (χ4v) is 1.31. The molecule has 0 aliphatic heterocycles. The summed E-state index contributed by atoms with van der Waals surface area (Å²) in [5.74, 6) is -0.538. The highest BCUT2D eigenvalue weighted by molar-refractivity contribution is 6.02. The van der Waals surface area contributed by atoms with Gasteiger partial charge in [-0.15, -0.1) is 0 Å². The molecule has 0 bridgehead atoms. The van der Waals surface area contributed by atoms with Crippen molar-refractivity contribution in [3.05, 3.63) is 23.3 Å². The predicted octanol–water partition coefficient (Wildman–Crippen LogP) is 2.38. The Bertz CT molecular complexity index is 391. The third-order valence-corrected chi connectivity index (χ3v) is 1.95. The zero-order chi connectivity index (χ0) is 11.6. The SMILES string of the molecule is CC(=O)c1c(N)ccc(C)c1OC(F)F. The number of benzene rings is 1. The first-order valence-corrected chi connectivity index (χ1v) is 4.28. The van der Waals surface area contributed by atoms with Gasteiger partial charge in [-0.25, -0.2) is 0 Å². The minimum absolute atomic E-state index is 0.00954. The van der Waals surface area contributed by atoms with E-state index in [0.717, 1.165) is 0 Å². The van der Waals surface area contributed by atoms with E-state index in [9.17, 15) is 13.6 Å². The van der Waals surface area contributed by atoms with Crippen LogP contribution in [-0.2, 0) is 0 Å². The molecule has 2 N–H and O–H groups in total. The van der Waals surface area contributed by atoms with E-state index in [1.807, 2.05) is 0 Å². The molecule has 0 unspecified atom stereocenters. The number of halogens is 2. The number of carbonyl (C=O) groups excluding carboxylic acids is 1. The summed E-state index contributed by atoms with van der Waals surface area (Å²) in [6, 6.07) is 3.02. The van der Waals surface area contributed by atoms with Crippen LogP contribution in [0.1, 0.15) is 22.8 Å². The predicted molar refractivity (Wildman–Crippen MR) is 52.2 cm³/mol. The number of ketones is 1. The van der Waals surface area contributed by atoms with Crippen molar-refractivity contribution < 1.29 is 18.3 Å². The summed E-state index contributed by atoms with van der Waals surface area (Å²) >= 11 is 0. The maximum Gasteiger partial charge on any atom is 0.387 e. The molecule has 3 nitrogen and oxygen atoms in total. The van der Waals surface area contributed by atoms with E-state index < -0.39 is 12.4 Å². The molecule has 5 heteroatoms. The molecule has 1 aromatic rings. The molecule has 0 aliphatic carbocycles. The number of hydrogen-bond donors (Lipinski definition) is 1. The third kappa shape index (κ3) is 2.43. The van der Waals surface area contributed by atoms with Crippen molar-refractivity contribution in [2.45, 2.75) is 20.5 Å². The zero-order valence-corrected chi connectivity index (χ0v) is 8.38. The van der Waals surface area contributed by atoms with Crippen molar-refractivity contribution in [2.24, 2.45) is 0 Å². The minimum Gasteiger partial charge on any atom is -0.434 e. The van der Waals surface area contributed by atoms with Crippen LogP contribution < -0.4 is 10.5 Å². The number of rotatable bonds is 3. The summed E-state index contributed by atoms with van der Waals surface area (Å²) in [6.07, 6.45) is 0. The van der Waals surface area contributed by atoms with Crippen molar-refractivity contribution in [3.8, 4) is 5.75 Å². The van der Waals surface area contributed by atoms with Crippen LogP contribution in [0.3, 0.4) is 0 Å². The monoisotopic (exact) mass is 215 g/mol. The molecule has 0 amide bonds. The average Bonchev–Trinajstić information content (AvgIpc) is 2.10. The highest BCUT2D eigenvalue weighted by Crippen LogP contribution is 2.30. The third-order valence-electron chi connectivity index (χ3n) is 1.95. The van der Waals surface area contributed by atoms with E-state index in [4.69, 9.17) is 5.73 Å². The Kier molecular flexibility index (Phi) is 3.24. The van der Waals surface area contributed by atoms with Gasteiger partial charge in [-0.2, -0.15) is 8.78 Å². The number of carbonyl (C=O) groups is 1. The fraction of sp³-hybridized carbons (Fsp3) is 0.300. The summed E-state index contributed by atoms with van der Waals surface area (Å²) in [5.41, 5.74) is 6.13. The molecule has 0 radical (unpaired) electrons. The second kappa shape index (κ2) is 4.25. The molecular formula is C10H11F2NO2. The standard InChI is InChI=1S/C10H11F2NO2/c1-5-3-4-7(13)8(6(2)14)9(5)15-10(11)12/h3-4,10H,13H2,1-2H3. The summed E-state index contributed by atoms with van der Waals surface area (Å²) < 4.78 is 28.5. The summed E-state index contributed by atoms with van der Waals surface area (Å²) in [5, 5.41) is 0. The minimum atomic E-state index is -2.97. The van der Waals surface area contributed by atoms with Crippen molar-refractivity contribution in [1.29, 1.82) is 0 Å². The normalized spacial score (nSPS) is 10.5. The van der Waals surface area contributed by atoms with Gasteiger partial charge in [0.1, 0.15) is 5.75 Å². The number of nitrogen functional groups attached to an aromatic ring is 1. The van der Waals surface area contributed by atoms with Gasteiger partial charge >= 0.3 is 6.61 Å². The van der Waals surface area contributed by atoms with E-state index in [1.54, 1.807) is 6.92 Å². The number of Topliss-reactive ketones (excluding diaryl/α,β-unsaturated/α-hetero) is 1. The van der Waals surface area contributed by atoms with Crippen LogP contribution in [0.5, 0.6) is 5.75 Å².